The van der Waals surface area contributed by atoms with Gasteiger partial charge in [-0.1, -0.05) is 25.1 Å². The van der Waals surface area contributed by atoms with Crippen LogP contribution in [-0.2, 0) is 4.79 Å². The normalized spacial score (nSPS) is 11.2. The molecule has 0 aliphatic carbocycles. The highest BCUT2D eigenvalue weighted by Gasteiger charge is 2.02. The van der Waals surface area contributed by atoms with Gasteiger partial charge in [-0.05, 0) is 29.7 Å². The predicted molar refractivity (Wildman–Crippen MR) is 63.5 cm³/mol. The highest BCUT2D eigenvalue weighted by molar-refractivity contribution is 5.74. The molecule has 0 radical (unpaired) electrons. The zero-order valence-corrected chi connectivity index (χ0v) is 9.56. The maximum absolute atomic E-state index is 10.5. The van der Waals surface area contributed by atoms with Crippen molar-refractivity contribution in [2.24, 2.45) is 0 Å². The van der Waals surface area contributed by atoms with Crippen molar-refractivity contribution in [2.45, 2.75) is 19.8 Å². The van der Waals surface area contributed by atoms with Gasteiger partial charge in [-0.2, -0.15) is 0 Å². The van der Waals surface area contributed by atoms with Crippen molar-refractivity contribution in [1.29, 1.82) is 0 Å². The molecule has 1 N–H and O–H groups in total. The van der Waals surface area contributed by atoms with Crippen molar-refractivity contribution in [1.82, 2.24) is 0 Å². The first kappa shape index (κ1) is 12.3. The number of ether oxygens (including phenoxy) is 1. The first-order valence-corrected chi connectivity index (χ1v) is 5.22. The van der Waals surface area contributed by atoms with Crippen molar-refractivity contribution in [3.63, 3.8) is 0 Å². The number of carboxylic acids is 1. The summed E-state index contributed by atoms with van der Waals surface area (Å²) in [5.74, 6) is -0.0268. The average molecular weight is 220 g/mol. The van der Waals surface area contributed by atoms with Crippen LogP contribution in [0.1, 0.15) is 25.3 Å². The third-order valence-corrected chi connectivity index (χ3v) is 2.34. The van der Waals surface area contributed by atoms with Crippen molar-refractivity contribution >= 4 is 11.5 Å². The molecule has 0 fully saturated rings. The molecule has 0 spiro atoms. The van der Waals surface area contributed by atoms with E-state index in [-0.39, 0.29) is 6.42 Å². The van der Waals surface area contributed by atoms with Crippen LogP contribution in [0, 0.1) is 0 Å². The SMILES string of the molecule is CC/C(=C\CC(=O)O)c1cccc(OC)c1. The Kier molecular flexibility index (Phi) is 4.58. The summed E-state index contributed by atoms with van der Waals surface area (Å²) < 4.78 is 5.13. The van der Waals surface area contributed by atoms with Gasteiger partial charge < -0.3 is 9.84 Å². The summed E-state index contributed by atoms with van der Waals surface area (Å²) >= 11 is 0. The van der Waals surface area contributed by atoms with Crippen molar-refractivity contribution < 1.29 is 14.6 Å². The molecule has 86 valence electrons. The lowest BCUT2D eigenvalue weighted by Crippen LogP contribution is -1.93. The second kappa shape index (κ2) is 5.95. The molecule has 3 nitrogen and oxygen atoms in total. The van der Waals surface area contributed by atoms with Gasteiger partial charge in [0.15, 0.2) is 0 Å². The highest BCUT2D eigenvalue weighted by atomic mass is 16.5. The van der Waals surface area contributed by atoms with Crippen LogP contribution in [-0.4, -0.2) is 18.2 Å². The summed E-state index contributed by atoms with van der Waals surface area (Å²) in [6.07, 6.45) is 2.61. The van der Waals surface area contributed by atoms with E-state index in [9.17, 15) is 4.79 Å². The molecule has 0 saturated heterocycles. The van der Waals surface area contributed by atoms with E-state index in [4.69, 9.17) is 9.84 Å². The minimum atomic E-state index is -0.811. The molecule has 0 aliphatic rings. The maximum atomic E-state index is 10.5. The second-order valence-electron chi connectivity index (χ2n) is 3.41. The maximum Gasteiger partial charge on any atom is 0.307 e. The van der Waals surface area contributed by atoms with Crippen molar-refractivity contribution in [3.05, 3.63) is 35.9 Å². The Morgan fingerprint density at radius 2 is 2.25 bits per heavy atom. The number of hydrogen-bond donors (Lipinski definition) is 1. The molecule has 0 bridgehead atoms. The van der Waals surface area contributed by atoms with E-state index < -0.39 is 5.97 Å². The summed E-state index contributed by atoms with van der Waals surface area (Å²) in [7, 11) is 1.62. The Hall–Kier alpha value is -1.77. The van der Waals surface area contributed by atoms with Crippen LogP contribution in [0.2, 0.25) is 0 Å². The van der Waals surface area contributed by atoms with Crippen LogP contribution in [0.5, 0.6) is 5.75 Å². The van der Waals surface area contributed by atoms with E-state index in [0.717, 1.165) is 23.3 Å². The Labute approximate surface area is 95.4 Å². The molecule has 0 amide bonds. The lowest BCUT2D eigenvalue weighted by Gasteiger charge is -2.06. The van der Waals surface area contributed by atoms with Gasteiger partial charge >= 0.3 is 5.97 Å². The summed E-state index contributed by atoms with van der Waals surface area (Å²) in [5, 5.41) is 8.64. The quantitative estimate of drug-likeness (QED) is 0.829. The number of carboxylic acid groups (broad SMARTS) is 1. The van der Waals surface area contributed by atoms with Crippen LogP contribution in [0.25, 0.3) is 5.57 Å². The van der Waals surface area contributed by atoms with E-state index in [1.54, 1.807) is 13.2 Å². The molecule has 1 rings (SSSR count). The lowest BCUT2D eigenvalue weighted by atomic mass is 10.0. The summed E-state index contributed by atoms with van der Waals surface area (Å²) in [4.78, 5) is 10.5. The number of benzene rings is 1. The van der Waals surface area contributed by atoms with Crippen molar-refractivity contribution in [2.75, 3.05) is 7.11 Å². The van der Waals surface area contributed by atoms with E-state index in [1.165, 1.54) is 0 Å². The summed E-state index contributed by atoms with van der Waals surface area (Å²) in [6.45, 7) is 2.01. The number of allylic oxidation sites excluding steroid dienone is 1. The van der Waals surface area contributed by atoms with Gasteiger partial charge in [-0.25, -0.2) is 0 Å². The van der Waals surface area contributed by atoms with Gasteiger partial charge in [0.25, 0.3) is 0 Å². The Balaban J connectivity index is 2.94. The molecular weight excluding hydrogens is 204 g/mol. The summed E-state index contributed by atoms with van der Waals surface area (Å²) in [5.41, 5.74) is 2.05. The zero-order valence-electron chi connectivity index (χ0n) is 9.56. The second-order valence-corrected chi connectivity index (χ2v) is 3.41. The van der Waals surface area contributed by atoms with Crippen LogP contribution in [0.15, 0.2) is 30.3 Å². The molecular formula is C13H16O3. The smallest absolute Gasteiger partial charge is 0.307 e. The topological polar surface area (TPSA) is 46.5 Å². The number of carbonyl (C=O) groups is 1. The molecule has 0 unspecified atom stereocenters. The summed E-state index contributed by atoms with van der Waals surface area (Å²) in [6, 6.07) is 7.64. The molecule has 0 aliphatic heterocycles. The molecule has 16 heavy (non-hydrogen) atoms. The molecule has 0 heterocycles. The molecule has 0 aromatic heterocycles. The third-order valence-electron chi connectivity index (χ3n) is 2.34. The Bertz CT molecular complexity index is 394. The monoisotopic (exact) mass is 220 g/mol. The number of methoxy groups -OCH3 is 1. The molecule has 1 aromatic carbocycles. The van der Waals surface area contributed by atoms with Gasteiger partial charge in [0.2, 0.25) is 0 Å². The molecule has 0 saturated carbocycles. The van der Waals surface area contributed by atoms with Gasteiger partial charge in [0, 0.05) is 0 Å². The fourth-order valence-corrected chi connectivity index (χ4v) is 1.50. The van der Waals surface area contributed by atoms with Crippen LogP contribution in [0.4, 0.5) is 0 Å². The predicted octanol–water partition coefficient (Wildman–Crippen LogP) is 2.96. The molecule has 3 heteroatoms. The fourth-order valence-electron chi connectivity index (χ4n) is 1.50. The average Bonchev–Trinajstić information content (AvgIpc) is 2.30. The van der Waals surface area contributed by atoms with Gasteiger partial charge in [-0.15, -0.1) is 0 Å². The molecule has 1 aromatic rings. The standard InChI is InChI=1S/C13H16O3/c1-3-10(7-8-13(14)15)11-5-4-6-12(9-11)16-2/h4-7,9H,3,8H2,1-2H3,(H,14,15)/b10-7+. The van der Waals surface area contributed by atoms with Crippen LogP contribution >= 0.6 is 0 Å². The highest BCUT2D eigenvalue weighted by Crippen LogP contribution is 2.22. The van der Waals surface area contributed by atoms with Crippen LogP contribution < -0.4 is 4.74 Å². The fraction of sp³-hybridized carbons (Fsp3) is 0.308. The van der Waals surface area contributed by atoms with Crippen LogP contribution in [0.3, 0.4) is 0 Å². The van der Waals surface area contributed by atoms with Gasteiger partial charge in [0.05, 0.1) is 13.5 Å². The number of aliphatic carboxylic acids is 1. The lowest BCUT2D eigenvalue weighted by molar-refractivity contribution is -0.135. The minimum absolute atomic E-state index is 0.0559. The van der Waals surface area contributed by atoms with E-state index >= 15 is 0 Å². The van der Waals surface area contributed by atoms with Gasteiger partial charge in [-0.3, -0.25) is 4.79 Å². The minimum Gasteiger partial charge on any atom is -0.497 e. The van der Waals surface area contributed by atoms with Crippen molar-refractivity contribution in [3.8, 4) is 5.75 Å². The van der Waals surface area contributed by atoms with E-state index in [1.807, 2.05) is 31.2 Å². The number of rotatable bonds is 5. The van der Waals surface area contributed by atoms with Gasteiger partial charge in [0.1, 0.15) is 5.75 Å². The Morgan fingerprint density at radius 1 is 1.50 bits per heavy atom. The first-order valence-electron chi connectivity index (χ1n) is 5.22. The first-order chi connectivity index (χ1) is 7.67. The molecule has 0 atom stereocenters. The van der Waals surface area contributed by atoms with E-state index in [0.29, 0.717) is 0 Å². The number of hydrogen-bond acceptors (Lipinski definition) is 2. The zero-order chi connectivity index (χ0) is 12.0. The Morgan fingerprint density at radius 3 is 2.81 bits per heavy atom. The third kappa shape index (κ3) is 3.42. The largest absolute Gasteiger partial charge is 0.497 e. The van der Waals surface area contributed by atoms with E-state index in [2.05, 4.69) is 0 Å².